The van der Waals surface area contributed by atoms with Crippen LogP contribution >= 0.6 is 0 Å². The van der Waals surface area contributed by atoms with Crippen LogP contribution in [0.15, 0.2) is 0 Å². The van der Waals surface area contributed by atoms with E-state index in [-0.39, 0.29) is 12.5 Å². The first kappa shape index (κ1) is 75.1. The number of unbranched alkanes of at least 4 members (excludes halogenated alkanes) is 44. The largest absolute Gasteiger partial charge is 0.394 e. The van der Waals surface area contributed by atoms with E-state index in [1.807, 2.05) is 0 Å². The van der Waals surface area contributed by atoms with Crippen LogP contribution in [-0.2, 0) is 23.7 Å². The smallest absolute Gasteiger partial charge is 0.220 e. The predicted octanol–water partition coefficient (Wildman–Crippen LogP) is 13.2. The zero-order valence-corrected chi connectivity index (χ0v) is 51.6. The minimum Gasteiger partial charge on any atom is -0.394 e. The number of aliphatic hydroxyl groups is 8. The van der Waals surface area contributed by atoms with E-state index in [0.717, 1.165) is 51.4 Å². The molecular weight excluding hydrogens is 1010 g/mol. The molecule has 2 heterocycles. The van der Waals surface area contributed by atoms with Gasteiger partial charge in [-0.25, -0.2) is 0 Å². The van der Waals surface area contributed by atoms with Crippen LogP contribution < -0.4 is 5.32 Å². The molecule has 2 aliphatic rings. The third-order valence-corrected chi connectivity index (χ3v) is 17.3. The lowest BCUT2D eigenvalue weighted by Gasteiger charge is -2.46. The SMILES string of the molecule is CCCCCCCCCCCCCCCCCCCCCCCCCCCCCCCCCC(O)C(COC1OC(CO)C(OC2OC(CO)C(O)C(O)C2O)C(O)C1O)NC(=O)CCCCCCCCCCCCCCCCC. The van der Waals surface area contributed by atoms with Gasteiger partial charge in [0.2, 0.25) is 5.91 Å². The molecule has 12 unspecified atom stereocenters. The molecule has 0 saturated carbocycles. The van der Waals surface area contributed by atoms with E-state index in [1.54, 1.807) is 0 Å². The first-order valence-electron chi connectivity index (χ1n) is 34.3. The lowest BCUT2D eigenvalue weighted by atomic mass is 9.97. The molecule has 0 aromatic carbocycles. The third kappa shape index (κ3) is 36.7. The zero-order valence-electron chi connectivity index (χ0n) is 51.6. The van der Waals surface area contributed by atoms with Gasteiger partial charge in [-0.1, -0.05) is 303 Å². The van der Waals surface area contributed by atoms with Crippen molar-refractivity contribution in [1.82, 2.24) is 5.32 Å². The lowest BCUT2D eigenvalue weighted by molar-refractivity contribution is -0.359. The quantitative estimate of drug-likeness (QED) is 0.0259. The van der Waals surface area contributed by atoms with Crippen molar-refractivity contribution in [3.63, 3.8) is 0 Å². The van der Waals surface area contributed by atoms with Crippen LogP contribution in [0.3, 0.4) is 0 Å². The molecule has 2 rings (SSSR count). The van der Waals surface area contributed by atoms with Gasteiger partial charge < -0.3 is 65.1 Å². The predicted molar refractivity (Wildman–Crippen MR) is 323 cm³/mol. The number of ether oxygens (including phenoxy) is 4. The second kappa shape index (κ2) is 52.3. The van der Waals surface area contributed by atoms with Gasteiger partial charge in [0.25, 0.3) is 0 Å². The van der Waals surface area contributed by atoms with Crippen molar-refractivity contribution in [2.45, 2.75) is 396 Å². The maximum absolute atomic E-state index is 13.3. The van der Waals surface area contributed by atoms with Crippen LogP contribution in [0, 0.1) is 0 Å². The summed E-state index contributed by atoms with van der Waals surface area (Å²) < 4.78 is 22.9. The van der Waals surface area contributed by atoms with Crippen LogP contribution in [0.5, 0.6) is 0 Å². The molecule has 9 N–H and O–H groups in total. The standard InChI is InChI=1S/C66H129NO13/c1-3-5-7-9-11-13-15-17-19-20-21-22-23-24-25-26-27-28-29-30-31-32-33-34-36-37-39-41-43-45-47-49-55(70)54(67-58(71)50-48-46-44-42-40-38-35-18-16-14-12-10-8-6-4-2)53-77-65-63(76)61(74)64(57(52-69)79-65)80-66-62(75)60(73)59(72)56(51-68)78-66/h54-57,59-66,68-70,72-76H,3-53H2,1-2H3,(H,67,71). The summed E-state index contributed by atoms with van der Waals surface area (Å²) in [6.45, 7) is 2.91. The van der Waals surface area contributed by atoms with Gasteiger partial charge in [-0.3, -0.25) is 4.79 Å². The normalized spacial score (nSPS) is 24.1. The molecule has 1 amide bonds. The molecule has 2 fully saturated rings. The Balaban J connectivity index is 1.63. The van der Waals surface area contributed by atoms with Crippen molar-refractivity contribution in [1.29, 1.82) is 0 Å². The molecule has 12 atom stereocenters. The second-order valence-corrected chi connectivity index (χ2v) is 24.7. The van der Waals surface area contributed by atoms with Gasteiger partial charge in [0.15, 0.2) is 12.6 Å². The number of hydrogen-bond acceptors (Lipinski definition) is 13. The molecule has 0 radical (unpaired) electrons. The van der Waals surface area contributed by atoms with Gasteiger partial charge in [0.05, 0.1) is 32.0 Å². The Hall–Kier alpha value is -1.01. The molecule has 14 nitrogen and oxygen atoms in total. The van der Waals surface area contributed by atoms with Crippen LogP contribution in [-0.4, -0.2) is 140 Å². The van der Waals surface area contributed by atoms with E-state index in [1.165, 1.54) is 244 Å². The minimum absolute atomic E-state index is 0.199. The Labute approximate surface area is 489 Å². The van der Waals surface area contributed by atoms with Gasteiger partial charge in [0.1, 0.15) is 48.8 Å². The van der Waals surface area contributed by atoms with Crippen LogP contribution in [0.1, 0.15) is 322 Å². The van der Waals surface area contributed by atoms with Gasteiger partial charge >= 0.3 is 0 Å². The fourth-order valence-corrected chi connectivity index (χ4v) is 11.8. The summed E-state index contributed by atoms with van der Waals surface area (Å²) in [6.07, 6.45) is 44.1. The Morgan fingerprint density at radius 3 is 1.06 bits per heavy atom. The number of rotatable bonds is 57. The Morgan fingerprint density at radius 2 is 0.713 bits per heavy atom. The van der Waals surface area contributed by atoms with Crippen LogP contribution in [0.2, 0.25) is 0 Å². The molecule has 0 aromatic heterocycles. The van der Waals surface area contributed by atoms with Crippen LogP contribution in [0.4, 0.5) is 0 Å². The van der Waals surface area contributed by atoms with Crippen molar-refractivity contribution >= 4 is 5.91 Å². The van der Waals surface area contributed by atoms with Crippen LogP contribution in [0.25, 0.3) is 0 Å². The molecule has 14 heteroatoms. The van der Waals surface area contributed by atoms with E-state index < -0.39 is 86.8 Å². The lowest BCUT2D eigenvalue weighted by Crippen LogP contribution is -2.65. The van der Waals surface area contributed by atoms with Gasteiger partial charge in [-0.15, -0.1) is 0 Å². The van der Waals surface area contributed by atoms with Crippen molar-refractivity contribution in [2.75, 3.05) is 19.8 Å². The fraction of sp³-hybridized carbons (Fsp3) is 0.985. The highest BCUT2D eigenvalue weighted by atomic mass is 16.7. The average Bonchev–Trinajstić information content (AvgIpc) is 3.46. The molecule has 0 aromatic rings. The summed E-state index contributed by atoms with van der Waals surface area (Å²) in [5.41, 5.74) is 0. The first-order valence-corrected chi connectivity index (χ1v) is 34.3. The summed E-state index contributed by atoms with van der Waals surface area (Å²) in [7, 11) is 0. The molecule has 0 spiro atoms. The number of carbonyl (C=O) groups is 1. The van der Waals surface area contributed by atoms with Crippen molar-refractivity contribution in [3.05, 3.63) is 0 Å². The van der Waals surface area contributed by atoms with Gasteiger partial charge in [-0.2, -0.15) is 0 Å². The van der Waals surface area contributed by atoms with E-state index in [2.05, 4.69) is 19.2 Å². The average molecular weight is 1140 g/mol. The van der Waals surface area contributed by atoms with E-state index in [4.69, 9.17) is 18.9 Å². The molecule has 0 aliphatic carbocycles. The topological polar surface area (TPSA) is 228 Å². The monoisotopic (exact) mass is 1140 g/mol. The summed E-state index contributed by atoms with van der Waals surface area (Å²) >= 11 is 0. The number of amides is 1. The highest BCUT2D eigenvalue weighted by Gasteiger charge is 2.51. The summed E-state index contributed by atoms with van der Waals surface area (Å²) in [4.78, 5) is 13.3. The maximum atomic E-state index is 13.3. The highest BCUT2D eigenvalue weighted by molar-refractivity contribution is 5.76. The van der Waals surface area contributed by atoms with Crippen molar-refractivity contribution < 1.29 is 64.6 Å². The molecule has 2 aliphatic heterocycles. The van der Waals surface area contributed by atoms with E-state index in [0.29, 0.717) is 12.8 Å². The second-order valence-electron chi connectivity index (χ2n) is 24.7. The van der Waals surface area contributed by atoms with Crippen molar-refractivity contribution in [3.8, 4) is 0 Å². The Kier molecular flexibility index (Phi) is 49.1. The first-order chi connectivity index (χ1) is 39.1. The molecule has 80 heavy (non-hydrogen) atoms. The van der Waals surface area contributed by atoms with Crippen molar-refractivity contribution in [2.24, 2.45) is 0 Å². The summed E-state index contributed by atoms with van der Waals surface area (Å²) in [6, 6.07) is -0.823. The number of nitrogens with one attached hydrogen (secondary N) is 1. The third-order valence-electron chi connectivity index (χ3n) is 17.3. The Bertz CT molecular complexity index is 1350. The maximum Gasteiger partial charge on any atom is 0.220 e. The molecule has 476 valence electrons. The zero-order chi connectivity index (χ0) is 58.1. The van der Waals surface area contributed by atoms with E-state index >= 15 is 0 Å². The number of hydrogen-bond donors (Lipinski definition) is 9. The Morgan fingerprint density at radius 1 is 0.400 bits per heavy atom. The molecular formula is C66H129NO13. The fourth-order valence-electron chi connectivity index (χ4n) is 11.8. The highest BCUT2D eigenvalue weighted by Crippen LogP contribution is 2.30. The number of aliphatic hydroxyl groups excluding tert-OH is 8. The summed E-state index contributed by atoms with van der Waals surface area (Å²) in [5.74, 6) is -0.199. The minimum atomic E-state index is -1.78. The van der Waals surface area contributed by atoms with Gasteiger partial charge in [-0.05, 0) is 12.8 Å². The summed E-state index contributed by atoms with van der Waals surface area (Å²) in [5, 5.41) is 87.5. The van der Waals surface area contributed by atoms with E-state index in [9.17, 15) is 45.6 Å². The molecule has 2 saturated heterocycles. The molecule has 0 bridgehead atoms. The number of carbonyl (C=O) groups excluding carboxylic acids is 1. The van der Waals surface area contributed by atoms with Gasteiger partial charge in [0, 0.05) is 6.42 Å².